The van der Waals surface area contributed by atoms with Crippen molar-refractivity contribution in [1.29, 1.82) is 0 Å². The zero-order chi connectivity index (χ0) is 16.0. The lowest BCUT2D eigenvalue weighted by Crippen LogP contribution is -2.40. The summed E-state index contributed by atoms with van der Waals surface area (Å²) in [5.74, 6) is -0.920. The van der Waals surface area contributed by atoms with Crippen molar-refractivity contribution in [1.82, 2.24) is 10.6 Å². The molecule has 0 aliphatic carbocycles. The van der Waals surface area contributed by atoms with E-state index in [0.717, 1.165) is 12.1 Å². The summed E-state index contributed by atoms with van der Waals surface area (Å²) in [6.07, 6.45) is -4.39. The predicted octanol–water partition coefficient (Wildman–Crippen LogP) is 1.38. The molecule has 0 saturated carbocycles. The van der Waals surface area contributed by atoms with E-state index in [1.54, 1.807) is 6.92 Å². The van der Waals surface area contributed by atoms with Crippen molar-refractivity contribution in [3.8, 4) is 0 Å². The summed E-state index contributed by atoms with van der Waals surface area (Å²) in [4.78, 5) is 22.4. The Morgan fingerprint density at radius 1 is 1.18 bits per heavy atom. The summed E-state index contributed by atoms with van der Waals surface area (Å²) >= 11 is 0. The van der Waals surface area contributed by atoms with Gasteiger partial charge >= 0.3 is 6.18 Å². The Morgan fingerprint density at radius 3 is 2.18 bits per heavy atom. The van der Waals surface area contributed by atoms with Crippen LogP contribution in [-0.4, -0.2) is 24.9 Å². The normalized spacial score (nSPS) is 12.0. The van der Waals surface area contributed by atoms with Crippen molar-refractivity contribution in [2.45, 2.75) is 19.1 Å². The molecule has 22 heavy (non-hydrogen) atoms. The summed E-state index contributed by atoms with van der Waals surface area (Å²) in [5, 5.41) is 4.85. The van der Waals surface area contributed by atoms with E-state index in [4.69, 9.17) is 5.73 Å². The highest BCUT2D eigenvalue weighted by Crippen LogP contribution is 2.29. The lowest BCUT2D eigenvalue weighted by atomic mass is 10.1. The van der Waals surface area contributed by atoms with Crippen LogP contribution in [0.2, 0.25) is 0 Å². The van der Waals surface area contributed by atoms with Crippen LogP contribution in [0.4, 0.5) is 13.2 Å². The molecular weight excluding hydrogens is 323 g/mol. The van der Waals surface area contributed by atoms with Gasteiger partial charge in [-0.15, -0.1) is 12.4 Å². The minimum atomic E-state index is -4.39. The second kappa shape index (κ2) is 8.60. The molecule has 1 rings (SSSR count). The first-order chi connectivity index (χ1) is 9.74. The second-order valence-corrected chi connectivity index (χ2v) is 4.39. The number of hydrogen-bond donors (Lipinski definition) is 3. The van der Waals surface area contributed by atoms with E-state index in [1.165, 1.54) is 12.1 Å². The van der Waals surface area contributed by atoms with Gasteiger partial charge in [0.1, 0.15) is 0 Å². The molecule has 5 nitrogen and oxygen atoms in total. The van der Waals surface area contributed by atoms with Gasteiger partial charge in [0.05, 0.1) is 24.7 Å². The molecular formula is C13H17ClF3N3O2. The number of halogens is 4. The van der Waals surface area contributed by atoms with Gasteiger partial charge in [-0.25, -0.2) is 0 Å². The van der Waals surface area contributed by atoms with Gasteiger partial charge in [0.25, 0.3) is 0 Å². The lowest BCUT2D eigenvalue weighted by molar-refractivity contribution is -0.137. The second-order valence-electron chi connectivity index (χ2n) is 4.39. The third-order valence-corrected chi connectivity index (χ3v) is 2.75. The molecule has 0 spiro atoms. The van der Waals surface area contributed by atoms with Gasteiger partial charge in [0.2, 0.25) is 11.8 Å². The van der Waals surface area contributed by atoms with Crippen LogP contribution < -0.4 is 16.4 Å². The molecule has 0 aromatic heterocycles. The molecule has 0 saturated heterocycles. The molecule has 2 amide bonds. The topological polar surface area (TPSA) is 84.2 Å². The van der Waals surface area contributed by atoms with Crippen LogP contribution >= 0.6 is 12.4 Å². The molecule has 0 fully saturated rings. The summed E-state index contributed by atoms with van der Waals surface area (Å²) < 4.78 is 37.3. The first-order valence-electron chi connectivity index (χ1n) is 6.17. The highest BCUT2D eigenvalue weighted by Gasteiger charge is 2.30. The van der Waals surface area contributed by atoms with Gasteiger partial charge in [-0.1, -0.05) is 12.1 Å². The fourth-order valence-electron chi connectivity index (χ4n) is 1.59. The Labute approximate surface area is 131 Å². The van der Waals surface area contributed by atoms with E-state index in [2.05, 4.69) is 10.6 Å². The number of hydrogen-bond acceptors (Lipinski definition) is 3. The highest BCUT2D eigenvalue weighted by atomic mass is 35.5. The average Bonchev–Trinajstić information content (AvgIpc) is 2.43. The molecule has 1 aromatic carbocycles. The third kappa shape index (κ3) is 6.31. The largest absolute Gasteiger partial charge is 0.416 e. The Bertz CT molecular complexity index is 506. The van der Waals surface area contributed by atoms with Crippen molar-refractivity contribution >= 4 is 24.2 Å². The van der Waals surface area contributed by atoms with Crippen molar-refractivity contribution in [2.75, 3.05) is 13.1 Å². The van der Waals surface area contributed by atoms with E-state index >= 15 is 0 Å². The van der Waals surface area contributed by atoms with Crippen LogP contribution in [0, 0.1) is 0 Å². The number of amides is 2. The SMILES string of the molecule is CC(NC(=O)CNC(=O)CN)c1ccc(C(F)(F)F)cc1.Cl. The summed E-state index contributed by atoms with van der Waals surface area (Å²) in [6.45, 7) is 1.17. The van der Waals surface area contributed by atoms with Crippen LogP contribution in [0.1, 0.15) is 24.1 Å². The molecule has 4 N–H and O–H groups in total. The van der Waals surface area contributed by atoms with E-state index in [-0.39, 0.29) is 25.5 Å². The maximum atomic E-state index is 12.4. The zero-order valence-electron chi connectivity index (χ0n) is 11.7. The number of alkyl halides is 3. The Morgan fingerprint density at radius 2 is 1.73 bits per heavy atom. The molecule has 1 aromatic rings. The quantitative estimate of drug-likeness (QED) is 0.757. The van der Waals surface area contributed by atoms with E-state index < -0.39 is 29.6 Å². The number of nitrogens with one attached hydrogen (secondary N) is 2. The monoisotopic (exact) mass is 339 g/mol. The number of benzene rings is 1. The van der Waals surface area contributed by atoms with Crippen molar-refractivity contribution in [3.63, 3.8) is 0 Å². The summed E-state index contributed by atoms with van der Waals surface area (Å²) in [7, 11) is 0. The van der Waals surface area contributed by atoms with Gasteiger partial charge in [-0.2, -0.15) is 13.2 Å². The van der Waals surface area contributed by atoms with E-state index in [9.17, 15) is 22.8 Å². The van der Waals surface area contributed by atoms with Gasteiger partial charge in [-0.05, 0) is 24.6 Å². The first kappa shape index (κ1) is 20.2. The molecule has 0 radical (unpaired) electrons. The van der Waals surface area contributed by atoms with Gasteiger partial charge in [0, 0.05) is 0 Å². The Balaban J connectivity index is 0.00000441. The predicted molar refractivity (Wildman–Crippen MR) is 77.3 cm³/mol. The number of rotatable bonds is 5. The third-order valence-electron chi connectivity index (χ3n) is 2.75. The first-order valence-corrected chi connectivity index (χ1v) is 6.17. The number of carbonyl (C=O) groups excluding carboxylic acids is 2. The fraction of sp³-hybridized carbons (Fsp3) is 0.385. The fourth-order valence-corrected chi connectivity index (χ4v) is 1.59. The van der Waals surface area contributed by atoms with E-state index in [0.29, 0.717) is 5.56 Å². The van der Waals surface area contributed by atoms with Crippen molar-refractivity contribution < 1.29 is 22.8 Å². The van der Waals surface area contributed by atoms with Crippen LogP contribution in [0.25, 0.3) is 0 Å². The van der Waals surface area contributed by atoms with Crippen molar-refractivity contribution in [3.05, 3.63) is 35.4 Å². The maximum absolute atomic E-state index is 12.4. The standard InChI is InChI=1S/C13H16F3N3O2.ClH/c1-8(19-12(21)7-18-11(20)6-17)9-2-4-10(5-3-9)13(14,15)16;/h2-5,8H,6-7,17H2,1H3,(H,18,20)(H,19,21);1H. The molecule has 124 valence electrons. The highest BCUT2D eigenvalue weighted by molar-refractivity contribution is 5.85. The van der Waals surface area contributed by atoms with Crippen LogP contribution in [0.15, 0.2) is 24.3 Å². The van der Waals surface area contributed by atoms with Gasteiger partial charge in [0.15, 0.2) is 0 Å². The van der Waals surface area contributed by atoms with Gasteiger partial charge in [-0.3, -0.25) is 9.59 Å². The van der Waals surface area contributed by atoms with Crippen LogP contribution in [0.5, 0.6) is 0 Å². The molecule has 0 aliphatic heterocycles. The van der Waals surface area contributed by atoms with Crippen molar-refractivity contribution in [2.24, 2.45) is 5.73 Å². The molecule has 0 heterocycles. The molecule has 0 aliphatic rings. The Hall–Kier alpha value is -1.80. The van der Waals surface area contributed by atoms with Crippen LogP contribution in [0.3, 0.4) is 0 Å². The Kier molecular flexibility index (Phi) is 7.89. The van der Waals surface area contributed by atoms with Gasteiger partial charge < -0.3 is 16.4 Å². The van der Waals surface area contributed by atoms with E-state index in [1.807, 2.05) is 0 Å². The zero-order valence-corrected chi connectivity index (χ0v) is 12.6. The average molecular weight is 340 g/mol. The summed E-state index contributed by atoms with van der Waals surface area (Å²) in [6, 6.07) is 4.02. The number of nitrogens with two attached hydrogens (primary N) is 1. The summed E-state index contributed by atoms with van der Waals surface area (Å²) in [5.41, 5.74) is 4.84. The maximum Gasteiger partial charge on any atom is 0.416 e. The molecule has 1 atom stereocenters. The number of carbonyl (C=O) groups is 2. The molecule has 9 heteroatoms. The molecule has 0 bridgehead atoms. The lowest BCUT2D eigenvalue weighted by Gasteiger charge is -2.15. The van der Waals surface area contributed by atoms with Crippen LogP contribution in [-0.2, 0) is 15.8 Å². The minimum Gasteiger partial charge on any atom is -0.348 e. The smallest absolute Gasteiger partial charge is 0.348 e. The molecule has 1 unspecified atom stereocenters. The minimum absolute atomic E-state index is 0.